The molecule has 0 bridgehead atoms. The van der Waals surface area contributed by atoms with Gasteiger partial charge in [-0.2, -0.15) is 0 Å². The van der Waals surface area contributed by atoms with Crippen LogP contribution < -0.4 is 21.3 Å². The van der Waals surface area contributed by atoms with Gasteiger partial charge in [0, 0.05) is 13.1 Å². The van der Waals surface area contributed by atoms with Crippen LogP contribution in [0.25, 0.3) is 0 Å². The van der Waals surface area contributed by atoms with Gasteiger partial charge in [0.25, 0.3) is 0 Å². The predicted octanol–water partition coefficient (Wildman–Crippen LogP) is 2.05. The quantitative estimate of drug-likeness (QED) is 0.582. The van der Waals surface area contributed by atoms with Crippen LogP contribution in [0.15, 0.2) is 30.3 Å². The van der Waals surface area contributed by atoms with Gasteiger partial charge in [0.15, 0.2) is 0 Å². The Balaban J connectivity index is 0.00000338. The summed E-state index contributed by atoms with van der Waals surface area (Å²) in [4.78, 5) is 24.6. The molecule has 4 N–H and O–H groups in total. The summed E-state index contributed by atoms with van der Waals surface area (Å²) in [5.41, 5.74) is 1.02. The molecule has 7 heteroatoms. The Kier molecular flexibility index (Phi) is 10.1. The van der Waals surface area contributed by atoms with Crippen LogP contribution in [0.3, 0.4) is 0 Å². The van der Waals surface area contributed by atoms with E-state index in [9.17, 15) is 9.59 Å². The summed E-state index contributed by atoms with van der Waals surface area (Å²) in [5, 5.41) is 11.9. The topological polar surface area (TPSA) is 82.3 Å². The highest BCUT2D eigenvalue weighted by Crippen LogP contribution is 2.09. The fraction of sp³-hybridized carbons (Fsp3) is 0.579. The molecule has 6 nitrogen and oxygen atoms in total. The van der Waals surface area contributed by atoms with E-state index in [2.05, 4.69) is 21.3 Å². The van der Waals surface area contributed by atoms with Crippen molar-refractivity contribution in [1.82, 2.24) is 21.3 Å². The Morgan fingerprint density at radius 3 is 2.54 bits per heavy atom. The highest BCUT2D eigenvalue weighted by molar-refractivity contribution is 5.87. The van der Waals surface area contributed by atoms with Crippen LogP contribution in [-0.4, -0.2) is 37.6 Å². The molecule has 2 atom stereocenters. The van der Waals surface area contributed by atoms with E-state index in [1.807, 2.05) is 44.2 Å². The second kappa shape index (κ2) is 11.8. The Labute approximate surface area is 162 Å². The van der Waals surface area contributed by atoms with E-state index in [0.29, 0.717) is 19.0 Å². The molecular formula is C19H31ClN4O2. The molecule has 0 aromatic heterocycles. The van der Waals surface area contributed by atoms with Crippen molar-refractivity contribution < 1.29 is 9.59 Å². The second-order valence-corrected chi connectivity index (χ2v) is 6.99. The zero-order valence-electron chi connectivity index (χ0n) is 15.6. The van der Waals surface area contributed by atoms with Crippen LogP contribution >= 0.6 is 12.4 Å². The summed E-state index contributed by atoms with van der Waals surface area (Å²) in [6, 6.07) is 8.84. The van der Waals surface area contributed by atoms with Gasteiger partial charge in [-0.25, -0.2) is 4.79 Å². The molecule has 1 aliphatic rings. The van der Waals surface area contributed by atoms with Gasteiger partial charge >= 0.3 is 6.03 Å². The third-order valence-corrected chi connectivity index (χ3v) is 4.50. The number of halogens is 1. The van der Waals surface area contributed by atoms with Crippen molar-refractivity contribution in [1.29, 1.82) is 0 Å². The molecule has 1 fully saturated rings. The smallest absolute Gasteiger partial charge is 0.315 e. The molecular weight excluding hydrogens is 352 g/mol. The Hall–Kier alpha value is -1.79. The Morgan fingerprint density at radius 2 is 1.92 bits per heavy atom. The van der Waals surface area contributed by atoms with Crippen LogP contribution in [0, 0.1) is 11.8 Å². The van der Waals surface area contributed by atoms with E-state index >= 15 is 0 Å². The van der Waals surface area contributed by atoms with Crippen LogP contribution in [-0.2, 0) is 11.3 Å². The van der Waals surface area contributed by atoms with Gasteiger partial charge < -0.3 is 21.3 Å². The van der Waals surface area contributed by atoms with Crippen molar-refractivity contribution in [2.75, 3.05) is 19.6 Å². The first kappa shape index (κ1) is 22.3. The van der Waals surface area contributed by atoms with Crippen LogP contribution in [0.5, 0.6) is 0 Å². The second-order valence-electron chi connectivity index (χ2n) is 6.99. The molecule has 2 rings (SSSR count). The number of hydrogen-bond donors (Lipinski definition) is 4. The van der Waals surface area contributed by atoms with Crippen LogP contribution in [0.1, 0.15) is 32.3 Å². The van der Waals surface area contributed by atoms with Crippen molar-refractivity contribution in [2.24, 2.45) is 11.8 Å². The monoisotopic (exact) mass is 382 g/mol. The summed E-state index contributed by atoms with van der Waals surface area (Å²) in [7, 11) is 0. The lowest BCUT2D eigenvalue weighted by atomic mass is 9.99. The maximum absolute atomic E-state index is 12.5. The van der Waals surface area contributed by atoms with Crippen molar-refractivity contribution in [3.05, 3.63) is 35.9 Å². The fourth-order valence-corrected chi connectivity index (χ4v) is 2.96. The maximum atomic E-state index is 12.5. The third-order valence-electron chi connectivity index (χ3n) is 4.50. The molecule has 0 spiro atoms. The summed E-state index contributed by atoms with van der Waals surface area (Å²) < 4.78 is 0. The zero-order valence-corrected chi connectivity index (χ0v) is 16.4. The van der Waals surface area contributed by atoms with E-state index < -0.39 is 6.04 Å². The molecule has 0 saturated carbocycles. The first-order valence-corrected chi connectivity index (χ1v) is 9.13. The lowest BCUT2D eigenvalue weighted by Crippen LogP contribution is -2.53. The molecule has 1 aromatic rings. The number of carbonyl (C=O) groups excluding carboxylic acids is 2. The Bertz CT molecular complexity index is 548. The number of hydrogen-bond acceptors (Lipinski definition) is 3. The zero-order chi connectivity index (χ0) is 18.1. The SMILES string of the molecule is CC(C)C(NC(=O)NCc1ccccc1)C(=O)NCC1CCCNC1.Cl. The Morgan fingerprint density at radius 1 is 1.19 bits per heavy atom. The molecule has 1 saturated heterocycles. The normalized spacial score (nSPS) is 17.7. The summed E-state index contributed by atoms with van der Waals surface area (Å²) in [5.74, 6) is 0.375. The maximum Gasteiger partial charge on any atom is 0.315 e. The van der Waals surface area contributed by atoms with Gasteiger partial charge in [-0.1, -0.05) is 44.2 Å². The number of urea groups is 1. The van der Waals surface area contributed by atoms with Crippen molar-refractivity contribution in [2.45, 2.75) is 39.3 Å². The predicted molar refractivity (Wildman–Crippen MR) is 106 cm³/mol. The van der Waals surface area contributed by atoms with E-state index in [-0.39, 0.29) is 30.3 Å². The molecule has 1 heterocycles. The van der Waals surface area contributed by atoms with E-state index in [4.69, 9.17) is 0 Å². The summed E-state index contributed by atoms with van der Waals surface area (Å²) in [6.07, 6.45) is 2.28. The lowest BCUT2D eigenvalue weighted by Gasteiger charge is -2.26. The molecule has 146 valence electrons. The minimum absolute atomic E-state index is 0. The van der Waals surface area contributed by atoms with Gasteiger partial charge in [0.2, 0.25) is 5.91 Å². The van der Waals surface area contributed by atoms with Crippen LogP contribution in [0.2, 0.25) is 0 Å². The molecule has 3 amide bonds. The van der Waals surface area contributed by atoms with E-state index in [1.165, 1.54) is 0 Å². The average molecular weight is 383 g/mol. The van der Waals surface area contributed by atoms with E-state index in [0.717, 1.165) is 31.5 Å². The minimum atomic E-state index is -0.535. The number of rotatable bonds is 7. The van der Waals surface area contributed by atoms with Gasteiger partial charge in [-0.05, 0) is 43.3 Å². The number of piperidine rings is 1. The number of benzene rings is 1. The van der Waals surface area contributed by atoms with Crippen molar-refractivity contribution >= 4 is 24.3 Å². The first-order chi connectivity index (χ1) is 12.1. The summed E-state index contributed by atoms with van der Waals surface area (Å²) in [6.45, 7) is 6.96. The van der Waals surface area contributed by atoms with Gasteiger partial charge in [-0.15, -0.1) is 12.4 Å². The largest absolute Gasteiger partial charge is 0.354 e. The molecule has 2 unspecified atom stereocenters. The molecule has 1 aromatic carbocycles. The summed E-state index contributed by atoms with van der Waals surface area (Å²) >= 11 is 0. The van der Waals surface area contributed by atoms with Crippen molar-refractivity contribution in [3.63, 3.8) is 0 Å². The number of nitrogens with one attached hydrogen (secondary N) is 4. The van der Waals surface area contributed by atoms with Crippen molar-refractivity contribution in [3.8, 4) is 0 Å². The lowest BCUT2D eigenvalue weighted by molar-refractivity contribution is -0.124. The standard InChI is InChI=1S/C19H30N4O2.ClH/c1-14(2)17(18(24)21-13-16-9-6-10-20-11-16)23-19(25)22-12-15-7-4-3-5-8-15;/h3-5,7-8,14,16-17,20H,6,9-13H2,1-2H3,(H,21,24)(H2,22,23,25);1H. The van der Waals surface area contributed by atoms with Gasteiger partial charge in [-0.3, -0.25) is 4.79 Å². The van der Waals surface area contributed by atoms with Gasteiger partial charge in [0.05, 0.1) is 0 Å². The minimum Gasteiger partial charge on any atom is -0.354 e. The fourth-order valence-electron chi connectivity index (χ4n) is 2.96. The molecule has 0 aliphatic carbocycles. The molecule has 0 radical (unpaired) electrons. The molecule has 26 heavy (non-hydrogen) atoms. The third kappa shape index (κ3) is 7.62. The first-order valence-electron chi connectivity index (χ1n) is 9.13. The van der Waals surface area contributed by atoms with Crippen LogP contribution in [0.4, 0.5) is 4.79 Å². The van der Waals surface area contributed by atoms with E-state index in [1.54, 1.807) is 0 Å². The number of amides is 3. The highest BCUT2D eigenvalue weighted by atomic mass is 35.5. The van der Waals surface area contributed by atoms with Gasteiger partial charge in [0.1, 0.15) is 6.04 Å². The highest BCUT2D eigenvalue weighted by Gasteiger charge is 2.25. The average Bonchev–Trinajstić information content (AvgIpc) is 2.64. The molecule has 1 aliphatic heterocycles. The number of carbonyl (C=O) groups is 2.